The van der Waals surface area contributed by atoms with Crippen molar-refractivity contribution < 1.29 is 19.1 Å². The highest BCUT2D eigenvalue weighted by atomic mass is 16.5. The molecule has 1 saturated heterocycles. The van der Waals surface area contributed by atoms with Gasteiger partial charge in [0.2, 0.25) is 11.8 Å². The largest absolute Gasteiger partial charge is 0.494 e. The van der Waals surface area contributed by atoms with Crippen molar-refractivity contribution in [2.24, 2.45) is 5.92 Å². The van der Waals surface area contributed by atoms with E-state index in [4.69, 9.17) is 4.74 Å². The first-order chi connectivity index (χ1) is 16.9. The fourth-order valence-electron chi connectivity index (χ4n) is 4.10. The summed E-state index contributed by atoms with van der Waals surface area (Å²) in [5.74, 6) is -0.374. The minimum Gasteiger partial charge on any atom is -0.494 e. The van der Waals surface area contributed by atoms with E-state index in [1.807, 2.05) is 62.4 Å². The van der Waals surface area contributed by atoms with E-state index in [1.165, 1.54) is 0 Å². The van der Waals surface area contributed by atoms with Crippen LogP contribution in [0.15, 0.2) is 72.8 Å². The average Bonchev–Trinajstić information content (AvgIpc) is 3.26. The van der Waals surface area contributed by atoms with Gasteiger partial charge in [-0.05, 0) is 61.4 Å². The Kier molecular flexibility index (Phi) is 7.45. The topological polar surface area (TPSA) is 87.7 Å². The Balaban J connectivity index is 1.39. The molecule has 0 unspecified atom stereocenters. The highest BCUT2D eigenvalue weighted by molar-refractivity contribution is 6.07. The van der Waals surface area contributed by atoms with Gasteiger partial charge in [0.15, 0.2) is 0 Å². The molecule has 1 fully saturated rings. The van der Waals surface area contributed by atoms with Crippen LogP contribution in [0.2, 0.25) is 0 Å². The predicted molar refractivity (Wildman–Crippen MR) is 135 cm³/mol. The Morgan fingerprint density at radius 1 is 1.03 bits per heavy atom. The fourth-order valence-corrected chi connectivity index (χ4v) is 4.10. The lowest BCUT2D eigenvalue weighted by atomic mass is 10.1. The third kappa shape index (κ3) is 5.87. The highest BCUT2D eigenvalue weighted by Crippen LogP contribution is 2.27. The molecule has 0 spiro atoms. The maximum atomic E-state index is 13.0. The van der Waals surface area contributed by atoms with Gasteiger partial charge in [-0.25, -0.2) is 0 Å². The number of ether oxygens (including phenoxy) is 1. The van der Waals surface area contributed by atoms with Gasteiger partial charge in [-0.15, -0.1) is 0 Å². The van der Waals surface area contributed by atoms with Gasteiger partial charge >= 0.3 is 0 Å². The summed E-state index contributed by atoms with van der Waals surface area (Å²) in [6.45, 7) is 5.13. The molecule has 1 aliphatic heterocycles. The van der Waals surface area contributed by atoms with Crippen molar-refractivity contribution in [1.82, 2.24) is 5.32 Å². The lowest BCUT2D eigenvalue weighted by Gasteiger charge is -2.17. The molecule has 4 rings (SSSR count). The quantitative estimate of drug-likeness (QED) is 0.512. The van der Waals surface area contributed by atoms with E-state index in [1.54, 1.807) is 29.2 Å². The highest BCUT2D eigenvalue weighted by Gasteiger charge is 2.35. The molecule has 0 saturated carbocycles. The Bertz CT molecular complexity index is 1220. The molecular weight excluding hydrogens is 442 g/mol. The van der Waals surface area contributed by atoms with E-state index < -0.39 is 5.92 Å². The van der Waals surface area contributed by atoms with Gasteiger partial charge in [0.1, 0.15) is 5.75 Å². The van der Waals surface area contributed by atoms with Crippen LogP contribution in [-0.4, -0.2) is 30.9 Å². The maximum Gasteiger partial charge on any atom is 0.253 e. The maximum absolute atomic E-state index is 13.0. The van der Waals surface area contributed by atoms with Crippen LogP contribution in [0.1, 0.15) is 34.8 Å². The Morgan fingerprint density at radius 2 is 1.80 bits per heavy atom. The number of anilines is 2. The molecule has 7 nitrogen and oxygen atoms in total. The van der Waals surface area contributed by atoms with Gasteiger partial charge in [0.25, 0.3) is 5.91 Å². The zero-order valence-electron chi connectivity index (χ0n) is 19.9. The average molecular weight is 472 g/mol. The third-order valence-electron chi connectivity index (χ3n) is 5.93. The summed E-state index contributed by atoms with van der Waals surface area (Å²) in [5, 5.41) is 5.76. The number of rotatable bonds is 8. The first kappa shape index (κ1) is 24.0. The van der Waals surface area contributed by atoms with Gasteiger partial charge in [-0.3, -0.25) is 14.4 Å². The molecule has 0 aliphatic carbocycles. The summed E-state index contributed by atoms with van der Waals surface area (Å²) >= 11 is 0. The lowest BCUT2D eigenvalue weighted by molar-refractivity contribution is -0.122. The number of aryl methyl sites for hydroxylation is 1. The zero-order valence-corrected chi connectivity index (χ0v) is 19.9. The monoisotopic (exact) mass is 471 g/mol. The van der Waals surface area contributed by atoms with Crippen LogP contribution in [-0.2, 0) is 16.1 Å². The number of nitrogens with one attached hydrogen (secondary N) is 2. The zero-order chi connectivity index (χ0) is 24.8. The van der Waals surface area contributed by atoms with E-state index >= 15 is 0 Å². The van der Waals surface area contributed by atoms with Gasteiger partial charge < -0.3 is 20.3 Å². The first-order valence-electron chi connectivity index (χ1n) is 11.7. The molecule has 0 bridgehead atoms. The van der Waals surface area contributed by atoms with Crippen molar-refractivity contribution >= 4 is 29.1 Å². The van der Waals surface area contributed by atoms with Crippen LogP contribution in [0.3, 0.4) is 0 Å². The van der Waals surface area contributed by atoms with E-state index in [0.717, 1.165) is 22.6 Å². The van der Waals surface area contributed by atoms with E-state index in [-0.39, 0.29) is 24.1 Å². The molecule has 0 aromatic heterocycles. The molecule has 7 heteroatoms. The van der Waals surface area contributed by atoms with Crippen molar-refractivity contribution in [2.45, 2.75) is 26.8 Å². The van der Waals surface area contributed by atoms with Gasteiger partial charge in [0.05, 0.1) is 23.8 Å². The molecule has 0 radical (unpaired) electrons. The van der Waals surface area contributed by atoms with Gasteiger partial charge in [0, 0.05) is 25.2 Å². The van der Waals surface area contributed by atoms with Gasteiger partial charge in [-0.2, -0.15) is 0 Å². The van der Waals surface area contributed by atoms with Crippen LogP contribution >= 0.6 is 0 Å². The van der Waals surface area contributed by atoms with E-state index in [9.17, 15) is 14.4 Å². The number of nitrogens with zero attached hydrogens (tertiary/aromatic N) is 1. The number of benzene rings is 3. The van der Waals surface area contributed by atoms with Crippen molar-refractivity contribution in [3.05, 3.63) is 89.5 Å². The minimum atomic E-state index is -0.497. The molecule has 35 heavy (non-hydrogen) atoms. The Labute approximate surface area is 205 Å². The number of carbonyl (C=O) groups is 3. The molecule has 1 aliphatic rings. The second kappa shape index (κ2) is 10.9. The Morgan fingerprint density at radius 3 is 2.54 bits per heavy atom. The summed E-state index contributed by atoms with van der Waals surface area (Å²) in [6, 6.07) is 22.1. The summed E-state index contributed by atoms with van der Waals surface area (Å²) in [4.78, 5) is 40.1. The molecule has 3 aromatic carbocycles. The Hall–Kier alpha value is -4.13. The normalized spacial score (nSPS) is 15.1. The summed E-state index contributed by atoms with van der Waals surface area (Å²) < 4.78 is 5.44. The number of amides is 3. The number of para-hydroxylation sites is 1. The van der Waals surface area contributed by atoms with Crippen LogP contribution in [0, 0.1) is 12.8 Å². The molecule has 3 aromatic rings. The molecule has 3 amide bonds. The van der Waals surface area contributed by atoms with Crippen LogP contribution < -0.4 is 20.3 Å². The molecule has 1 atom stereocenters. The molecular formula is C28H29N3O4. The van der Waals surface area contributed by atoms with Crippen molar-refractivity contribution in [1.29, 1.82) is 0 Å². The van der Waals surface area contributed by atoms with E-state index in [0.29, 0.717) is 30.9 Å². The molecule has 1 heterocycles. The van der Waals surface area contributed by atoms with Crippen LogP contribution in [0.5, 0.6) is 5.75 Å². The summed E-state index contributed by atoms with van der Waals surface area (Å²) in [5.41, 5.74) is 3.56. The fraction of sp³-hybridized carbons (Fsp3) is 0.250. The second-order valence-electron chi connectivity index (χ2n) is 8.54. The molecule has 2 N–H and O–H groups in total. The SMILES string of the molecule is CCOc1ccc(CNC(=O)c2ccccc2NC(=O)[C@@H]2CC(=O)N(c3cccc(C)c3)C2)cc1. The smallest absolute Gasteiger partial charge is 0.253 e. The van der Waals surface area contributed by atoms with E-state index in [2.05, 4.69) is 10.6 Å². The first-order valence-corrected chi connectivity index (χ1v) is 11.7. The number of carbonyl (C=O) groups excluding carboxylic acids is 3. The van der Waals surface area contributed by atoms with Crippen molar-refractivity contribution in [2.75, 3.05) is 23.4 Å². The predicted octanol–water partition coefficient (Wildman–Crippen LogP) is 4.32. The van der Waals surface area contributed by atoms with Crippen LogP contribution in [0.4, 0.5) is 11.4 Å². The van der Waals surface area contributed by atoms with Crippen LogP contribution in [0.25, 0.3) is 0 Å². The molecule has 180 valence electrons. The number of hydrogen-bond acceptors (Lipinski definition) is 4. The summed E-state index contributed by atoms with van der Waals surface area (Å²) in [6.07, 6.45) is 0.131. The van der Waals surface area contributed by atoms with Crippen molar-refractivity contribution in [3.8, 4) is 5.75 Å². The number of hydrogen-bond donors (Lipinski definition) is 2. The standard InChI is InChI=1S/C28H29N3O4/c1-3-35-23-13-11-20(12-14-23)17-29-28(34)24-9-4-5-10-25(24)30-27(33)21-16-26(32)31(18-21)22-8-6-7-19(2)15-22/h4-15,21H,3,16-18H2,1-2H3,(H,29,34)(H,30,33)/t21-/m1/s1. The lowest BCUT2D eigenvalue weighted by Crippen LogP contribution is -2.29. The van der Waals surface area contributed by atoms with Crippen molar-refractivity contribution in [3.63, 3.8) is 0 Å². The van der Waals surface area contributed by atoms with Gasteiger partial charge in [-0.1, -0.05) is 36.4 Å². The summed E-state index contributed by atoms with van der Waals surface area (Å²) in [7, 11) is 0. The third-order valence-corrected chi connectivity index (χ3v) is 5.93. The minimum absolute atomic E-state index is 0.0860. The second-order valence-corrected chi connectivity index (χ2v) is 8.54.